The molecule has 100 valence electrons. The minimum absolute atomic E-state index is 0.0456. The van der Waals surface area contributed by atoms with E-state index in [4.69, 9.17) is 5.73 Å². The molecule has 0 aliphatic rings. The Kier molecular flexibility index (Phi) is 6.05. The van der Waals surface area contributed by atoms with Crippen LogP contribution in [0.1, 0.15) is 36.2 Å². The molecule has 3 N–H and O–H groups in total. The van der Waals surface area contributed by atoms with Gasteiger partial charge in [0.05, 0.1) is 0 Å². The number of nitrogen functional groups attached to an aromatic ring is 1. The second-order valence-corrected chi connectivity index (χ2v) is 5.83. The highest BCUT2D eigenvalue weighted by molar-refractivity contribution is 7.99. The van der Waals surface area contributed by atoms with Gasteiger partial charge >= 0.3 is 0 Å². The van der Waals surface area contributed by atoms with Gasteiger partial charge in [-0.1, -0.05) is 13.0 Å². The molecule has 4 heteroatoms. The highest BCUT2D eigenvalue weighted by Crippen LogP contribution is 2.13. The first-order chi connectivity index (χ1) is 8.54. The Morgan fingerprint density at radius 1 is 1.50 bits per heavy atom. The van der Waals surface area contributed by atoms with Gasteiger partial charge in [-0.3, -0.25) is 4.79 Å². The molecule has 18 heavy (non-hydrogen) atoms. The van der Waals surface area contributed by atoms with Crippen molar-refractivity contribution in [3.8, 4) is 0 Å². The summed E-state index contributed by atoms with van der Waals surface area (Å²) in [4.78, 5) is 12.0. The van der Waals surface area contributed by atoms with Crippen molar-refractivity contribution in [3.05, 3.63) is 29.3 Å². The van der Waals surface area contributed by atoms with Crippen LogP contribution in [0.2, 0.25) is 0 Å². The first-order valence-corrected chi connectivity index (χ1v) is 7.44. The second kappa shape index (κ2) is 7.31. The first-order valence-electron chi connectivity index (χ1n) is 6.29. The van der Waals surface area contributed by atoms with E-state index in [9.17, 15) is 4.79 Å². The fourth-order valence-corrected chi connectivity index (χ4v) is 2.37. The molecular formula is C14H22N2OS. The van der Waals surface area contributed by atoms with Crippen LogP contribution in [0, 0.1) is 6.92 Å². The van der Waals surface area contributed by atoms with Crippen molar-refractivity contribution in [2.75, 3.05) is 17.2 Å². The molecular weight excluding hydrogens is 244 g/mol. The van der Waals surface area contributed by atoms with E-state index in [1.54, 1.807) is 6.07 Å². The monoisotopic (exact) mass is 266 g/mol. The summed E-state index contributed by atoms with van der Waals surface area (Å²) in [6.45, 7) is 6.11. The van der Waals surface area contributed by atoms with Gasteiger partial charge in [0.15, 0.2) is 0 Å². The van der Waals surface area contributed by atoms with Crippen LogP contribution in [0.3, 0.4) is 0 Å². The third-order valence-corrected chi connectivity index (χ3v) is 3.75. The zero-order valence-electron chi connectivity index (χ0n) is 11.3. The highest BCUT2D eigenvalue weighted by Gasteiger charge is 2.10. The van der Waals surface area contributed by atoms with Crippen LogP contribution in [0.25, 0.3) is 0 Å². The summed E-state index contributed by atoms with van der Waals surface area (Å²) in [5.41, 5.74) is 8.10. The van der Waals surface area contributed by atoms with Gasteiger partial charge in [-0.05, 0) is 49.5 Å². The average Bonchev–Trinajstić information content (AvgIpc) is 2.33. The van der Waals surface area contributed by atoms with Gasteiger partial charge in [0.2, 0.25) is 0 Å². The smallest absolute Gasteiger partial charge is 0.251 e. The Morgan fingerprint density at radius 3 is 2.83 bits per heavy atom. The molecule has 0 aliphatic carbocycles. The number of nitrogens with two attached hydrogens (primary N) is 1. The minimum atomic E-state index is -0.0456. The second-order valence-electron chi connectivity index (χ2n) is 4.43. The number of hydrogen-bond donors (Lipinski definition) is 2. The quantitative estimate of drug-likeness (QED) is 0.615. The van der Waals surface area contributed by atoms with E-state index in [1.165, 1.54) is 0 Å². The molecule has 0 radical (unpaired) electrons. The van der Waals surface area contributed by atoms with E-state index in [0.717, 1.165) is 23.5 Å². The summed E-state index contributed by atoms with van der Waals surface area (Å²) in [5, 5.41) is 2.99. The van der Waals surface area contributed by atoms with Crippen LogP contribution in [0.15, 0.2) is 18.2 Å². The fraction of sp³-hybridized carbons (Fsp3) is 0.500. The van der Waals surface area contributed by atoms with E-state index in [2.05, 4.69) is 12.2 Å². The summed E-state index contributed by atoms with van der Waals surface area (Å²) in [5.74, 6) is 2.15. The number of nitrogens with one attached hydrogen (secondary N) is 1. The number of carbonyl (C=O) groups excluding carboxylic acids is 1. The Morgan fingerprint density at radius 2 is 2.22 bits per heavy atom. The molecule has 1 amide bonds. The summed E-state index contributed by atoms with van der Waals surface area (Å²) in [6, 6.07) is 5.62. The fourth-order valence-electron chi connectivity index (χ4n) is 1.57. The number of anilines is 1. The third-order valence-electron chi connectivity index (χ3n) is 2.82. The van der Waals surface area contributed by atoms with Crippen molar-refractivity contribution in [3.63, 3.8) is 0 Å². The van der Waals surface area contributed by atoms with Crippen LogP contribution in [-0.2, 0) is 0 Å². The number of rotatable bonds is 6. The van der Waals surface area contributed by atoms with Gasteiger partial charge in [0.1, 0.15) is 0 Å². The Balaban J connectivity index is 2.51. The number of hydrogen-bond acceptors (Lipinski definition) is 3. The average molecular weight is 266 g/mol. The van der Waals surface area contributed by atoms with Crippen molar-refractivity contribution in [1.82, 2.24) is 5.32 Å². The SMILES string of the molecule is CCSCCC(C)NC(=O)c1ccc(C)c(N)c1. The normalized spacial score (nSPS) is 12.2. The van der Waals surface area contributed by atoms with Crippen LogP contribution in [0.5, 0.6) is 0 Å². The number of aryl methyl sites for hydroxylation is 1. The maximum absolute atomic E-state index is 12.0. The lowest BCUT2D eigenvalue weighted by Crippen LogP contribution is -2.33. The number of benzene rings is 1. The van der Waals surface area contributed by atoms with Gasteiger partial charge in [-0.2, -0.15) is 11.8 Å². The van der Waals surface area contributed by atoms with E-state index in [-0.39, 0.29) is 11.9 Å². The zero-order chi connectivity index (χ0) is 13.5. The summed E-state index contributed by atoms with van der Waals surface area (Å²) in [7, 11) is 0. The molecule has 0 aromatic heterocycles. The molecule has 1 unspecified atom stereocenters. The topological polar surface area (TPSA) is 55.1 Å². The lowest BCUT2D eigenvalue weighted by molar-refractivity contribution is 0.0939. The lowest BCUT2D eigenvalue weighted by atomic mass is 10.1. The molecule has 1 aromatic rings. The first kappa shape index (κ1) is 14.9. The van der Waals surface area contributed by atoms with Crippen molar-refractivity contribution in [2.45, 2.75) is 33.2 Å². The highest BCUT2D eigenvalue weighted by atomic mass is 32.2. The predicted octanol–water partition coefficient (Wildman–Crippen LogP) is 2.84. The molecule has 1 atom stereocenters. The third kappa shape index (κ3) is 4.61. The molecule has 0 fully saturated rings. The molecule has 0 bridgehead atoms. The van der Waals surface area contributed by atoms with Crippen molar-refractivity contribution >= 4 is 23.4 Å². The van der Waals surface area contributed by atoms with E-state index < -0.39 is 0 Å². The van der Waals surface area contributed by atoms with Crippen LogP contribution < -0.4 is 11.1 Å². The summed E-state index contributed by atoms with van der Waals surface area (Å²) in [6.07, 6.45) is 0.992. The molecule has 1 rings (SSSR count). The zero-order valence-corrected chi connectivity index (χ0v) is 12.1. The molecule has 1 aromatic carbocycles. The van der Waals surface area contributed by atoms with Crippen molar-refractivity contribution < 1.29 is 4.79 Å². The molecule has 3 nitrogen and oxygen atoms in total. The minimum Gasteiger partial charge on any atom is -0.398 e. The maximum Gasteiger partial charge on any atom is 0.251 e. The van der Waals surface area contributed by atoms with Gasteiger partial charge in [-0.25, -0.2) is 0 Å². The van der Waals surface area contributed by atoms with Crippen LogP contribution in [-0.4, -0.2) is 23.5 Å². The molecule has 0 spiro atoms. The number of thioether (sulfide) groups is 1. The number of carbonyl (C=O) groups is 1. The Labute approximate surface area is 114 Å². The standard InChI is InChI=1S/C14H22N2OS/c1-4-18-8-7-11(3)16-14(17)12-6-5-10(2)13(15)9-12/h5-6,9,11H,4,7-8,15H2,1-3H3,(H,16,17). The van der Waals surface area contributed by atoms with Gasteiger partial charge in [0, 0.05) is 17.3 Å². The molecule has 0 saturated carbocycles. The van der Waals surface area contributed by atoms with Gasteiger partial charge in [0.25, 0.3) is 5.91 Å². The van der Waals surface area contributed by atoms with E-state index >= 15 is 0 Å². The molecule has 0 saturated heterocycles. The van der Waals surface area contributed by atoms with Gasteiger partial charge in [-0.15, -0.1) is 0 Å². The van der Waals surface area contributed by atoms with Crippen molar-refractivity contribution in [1.29, 1.82) is 0 Å². The Hall–Kier alpha value is -1.16. The van der Waals surface area contributed by atoms with E-state index in [1.807, 2.05) is 37.7 Å². The molecule has 0 heterocycles. The van der Waals surface area contributed by atoms with Crippen LogP contribution in [0.4, 0.5) is 5.69 Å². The maximum atomic E-state index is 12.0. The summed E-state index contributed by atoms with van der Waals surface area (Å²) < 4.78 is 0. The lowest BCUT2D eigenvalue weighted by Gasteiger charge is -2.14. The predicted molar refractivity (Wildman–Crippen MR) is 80.1 cm³/mol. The van der Waals surface area contributed by atoms with Gasteiger partial charge < -0.3 is 11.1 Å². The summed E-state index contributed by atoms with van der Waals surface area (Å²) >= 11 is 1.89. The largest absolute Gasteiger partial charge is 0.398 e. The number of amides is 1. The van der Waals surface area contributed by atoms with Crippen LogP contribution >= 0.6 is 11.8 Å². The van der Waals surface area contributed by atoms with Crippen molar-refractivity contribution in [2.24, 2.45) is 0 Å². The van der Waals surface area contributed by atoms with E-state index in [0.29, 0.717) is 11.3 Å². The Bertz CT molecular complexity index is 407. The molecule has 0 aliphatic heterocycles.